The number of rotatable bonds is 5. The Morgan fingerprint density at radius 3 is 2.52 bits per heavy atom. The van der Waals surface area contributed by atoms with Gasteiger partial charge in [-0.2, -0.15) is 0 Å². The number of benzene rings is 2. The summed E-state index contributed by atoms with van der Waals surface area (Å²) in [5, 5.41) is 5.41. The molecule has 5 nitrogen and oxygen atoms in total. The first kappa shape index (κ1) is 16.5. The van der Waals surface area contributed by atoms with Gasteiger partial charge in [0.05, 0.1) is 5.69 Å². The molecular weight excluding hydrogens is 326 g/mol. The van der Waals surface area contributed by atoms with Crippen LogP contribution in [0, 0.1) is 11.6 Å². The number of hydrogen-bond acceptors (Lipinski definition) is 4. The molecule has 0 spiro atoms. The maximum absolute atomic E-state index is 13.6. The maximum Gasteiger partial charge on any atom is 0.270 e. The smallest absolute Gasteiger partial charge is 0.270 e. The van der Waals surface area contributed by atoms with Crippen LogP contribution in [0.1, 0.15) is 16.1 Å². The fraction of sp³-hybridized carbons (Fsp3) is 0.0556. The lowest BCUT2D eigenvalue weighted by Crippen LogP contribution is -2.24. The number of anilines is 2. The largest absolute Gasteiger partial charge is 0.347 e. The van der Waals surface area contributed by atoms with Gasteiger partial charge < -0.3 is 10.6 Å². The van der Waals surface area contributed by atoms with E-state index in [4.69, 9.17) is 0 Å². The van der Waals surface area contributed by atoms with Crippen LogP contribution in [0.15, 0.2) is 60.8 Å². The zero-order valence-corrected chi connectivity index (χ0v) is 13.0. The topological polar surface area (TPSA) is 66.9 Å². The fourth-order valence-electron chi connectivity index (χ4n) is 2.10. The number of nitrogens with one attached hydrogen (secondary N) is 2. The van der Waals surface area contributed by atoms with E-state index in [1.54, 1.807) is 30.3 Å². The molecule has 126 valence electrons. The first-order chi connectivity index (χ1) is 12.1. The number of halogens is 2. The summed E-state index contributed by atoms with van der Waals surface area (Å²) < 4.78 is 26.5. The Hall–Kier alpha value is -3.35. The van der Waals surface area contributed by atoms with Gasteiger partial charge in [0.2, 0.25) is 5.95 Å². The van der Waals surface area contributed by atoms with Crippen molar-refractivity contribution in [3.8, 4) is 0 Å². The van der Waals surface area contributed by atoms with E-state index in [0.29, 0.717) is 0 Å². The normalized spacial score (nSPS) is 10.3. The monoisotopic (exact) mass is 340 g/mol. The van der Waals surface area contributed by atoms with E-state index < -0.39 is 11.7 Å². The lowest BCUT2D eigenvalue weighted by atomic mass is 10.2. The molecule has 0 saturated carbocycles. The molecule has 0 bridgehead atoms. The fourth-order valence-corrected chi connectivity index (χ4v) is 2.10. The molecule has 0 aliphatic heterocycles. The molecule has 1 heterocycles. The molecule has 1 aromatic heterocycles. The summed E-state index contributed by atoms with van der Waals surface area (Å²) in [5.74, 6) is -1.09. The van der Waals surface area contributed by atoms with Gasteiger partial charge in [-0.25, -0.2) is 18.7 Å². The standard InChI is InChI=1S/C18H14F2N4O/c19-13-7-5-12(6-8-13)11-22-17(25)16-9-10-21-18(24-16)23-15-4-2-1-3-14(15)20/h1-10H,11H2,(H,22,25)(H,21,23,24). The van der Waals surface area contributed by atoms with E-state index in [1.807, 2.05) is 0 Å². The predicted molar refractivity (Wildman–Crippen MR) is 89.3 cm³/mol. The second kappa shape index (κ2) is 7.48. The molecule has 0 fully saturated rings. The Labute approximate surface area is 142 Å². The predicted octanol–water partition coefficient (Wildman–Crippen LogP) is 3.43. The van der Waals surface area contributed by atoms with Crippen molar-refractivity contribution in [3.63, 3.8) is 0 Å². The highest BCUT2D eigenvalue weighted by Crippen LogP contribution is 2.16. The Morgan fingerprint density at radius 1 is 1.00 bits per heavy atom. The second-order valence-electron chi connectivity index (χ2n) is 5.18. The molecule has 0 atom stereocenters. The van der Waals surface area contributed by atoms with Crippen LogP contribution in [0.25, 0.3) is 0 Å². The van der Waals surface area contributed by atoms with E-state index in [1.165, 1.54) is 30.5 Å². The molecular formula is C18H14F2N4O. The molecule has 3 aromatic rings. The van der Waals surface area contributed by atoms with Gasteiger partial charge in [0.15, 0.2) is 0 Å². The molecule has 25 heavy (non-hydrogen) atoms. The molecule has 2 N–H and O–H groups in total. The highest BCUT2D eigenvalue weighted by atomic mass is 19.1. The van der Waals surface area contributed by atoms with Gasteiger partial charge in [0.25, 0.3) is 5.91 Å². The van der Waals surface area contributed by atoms with Crippen molar-refractivity contribution in [2.45, 2.75) is 6.54 Å². The zero-order chi connectivity index (χ0) is 17.6. The van der Waals surface area contributed by atoms with Crippen LogP contribution in [0.2, 0.25) is 0 Å². The number of aromatic nitrogens is 2. The highest BCUT2D eigenvalue weighted by molar-refractivity contribution is 5.92. The molecule has 2 aromatic carbocycles. The number of carbonyl (C=O) groups is 1. The molecule has 0 unspecified atom stereocenters. The quantitative estimate of drug-likeness (QED) is 0.747. The Balaban J connectivity index is 1.67. The molecule has 1 amide bonds. The van der Waals surface area contributed by atoms with Crippen LogP contribution < -0.4 is 10.6 Å². The van der Waals surface area contributed by atoms with Crippen LogP contribution in [0.4, 0.5) is 20.4 Å². The minimum Gasteiger partial charge on any atom is -0.347 e. The van der Waals surface area contributed by atoms with Crippen LogP contribution >= 0.6 is 0 Å². The highest BCUT2D eigenvalue weighted by Gasteiger charge is 2.10. The summed E-state index contributed by atoms with van der Waals surface area (Å²) in [5.41, 5.74) is 1.11. The Bertz CT molecular complexity index is 884. The summed E-state index contributed by atoms with van der Waals surface area (Å²) in [6, 6.07) is 13.4. The number of amides is 1. The van der Waals surface area contributed by atoms with Crippen LogP contribution in [-0.2, 0) is 6.54 Å². The third-order valence-corrected chi connectivity index (χ3v) is 3.37. The van der Waals surface area contributed by atoms with Crippen molar-refractivity contribution in [2.75, 3.05) is 5.32 Å². The van der Waals surface area contributed by atoms with Gasteiger partial charge >= 0.3 is 0 Å². The third kappa shape index (κ3) is 4.35. The van der Waals surface area contributed by atoms with Crippen molar-refractivity contribution in [1.82, 2.24) is 15.3 Å². The van der Waals surface area contributed by atoms with Crippen molar-refractivity contribution in [2.24, 2.45) is 0 Å². The summed E-state index contributed by atoms with van der Waals surface area (Å²) in [4.78, 5) is 20.2. The summed E-state index contributed by atoms with van der Waals surface area (Å²) in [7, 11) is 0. The van der Waals surface area contributed by atoms with Gasteiger partial charge in [-0.15, -0.1) is 0 Å². The molecule has 0 aliphatic carbocycles. The van der Waals surface area contributed by atoms with Gasteiger partial charge in [-0.05, 0) is 35.9 Å². The van der Waals surface area contributed by atoms with Crippen molar-refractivity contribution in [1.29, 1.82) is 0 Å². The minimum absolute atomic E-state index is 0.111. The lowest BCUT2D eigenvalue weighted by molar-refractivity contribution is 0.0946. The maximum atomic E-state index is 13.6. The first-order valence-corrected chi connectivity index (χ1v) is 7.49. The van der Waals surface area contributed by atoms with Crippen molar-refractivity contribution < 1.29 is 13.6 Å². The second-order valence-corrected chi connectivity index (χ2v) is 5.18. The number of carbonyl (C=O) groups excluding carboxylic acids is 1. The summed E-state index contributed by atoms with van der Waals surface area (Å²) in [6.07, 6.45) is 1.41. The van der Waals surface area contributed by atoms with E-state index >= 15 is 0 Å². The Morgan fingerprint density at radius 2 is 1.76 bits per heavy atom. The first-order valence-electron chi connectivity index (χ1n) is 7.49. The average molecular weight is 340 g/mol. The van der Waals surface area contributed by atoms with E-state index in [9.17, 15) is 13.6 Å². The molecule has 0 radical (unpaired) electrons. The SMILES string of the molecule is O=C(NCc1ccc(F)cc1)c1ccnc(Nc2ccccc2F)n1. The zero-order valence-electron chi connectivity index (χ0n) is 13.0. The van der Waals surface area contributed by atoms with E-state index in [2.05, 4.69) is 20.6 Å². The van der Waals surface area contributed by atoms with Gasteiger partial charge in [0.1, 0.15) is 17.3 Å². The van der Waals surface area contributed by atoms with Crippen LogP contribution in [0.3, 0.4) is 0 Å². The van der Waals surface area contributed by atoms with Crippen molar-refractivity contribution >= 4 is 17.5 Å². The number of nitrogens with zero attached hydrogens (tertiary/aromatic N) is 2. The Kier molecular flexibility index (Phi) is 4.94. The minimum atomic E-state index is -0.447. The summed E-state index contributed by atoms with van der Waals surface area (Å²) >= 11 is 0. The number of hydrogen-bond donors (Lipinski definition) is 2. The third-order valence-electron chi connectivity index (χ3n) is 3.37. The average Bonchev–Trinajstić information content (AvgIpc) is 2.63. The molecule has 0 saturated heterocycles. The molecule has 3 rings (SSSR count). The summed E-state index contributed by atoms with van der Waals surface area (Å²) in [6.45, 7) is 0.235. The van der Waals surface area contributed by atoms with Crippen molar-refractivity contribution in [3.05, 3.63) is 83.7 Å². The van der Waals surface area contributed by atoms with E-state index in [-0.39, 0.29) is 29.7 Å². The molecule has 0 aliphatic rings. The molecule has 7 heteroatoms. The lowest BCUT2D eigenvalue weighted by Gasteiger charge is -2.08. The van der Waals surface area contributed by atoms with Gasteiger partial charge in [-0.3, -0.25) is 4.79 Å². The van der Waals surface area contributed by atoms with Crippen LogP contribution in [0.5, 0.6) is 0 Å². The van der Waals surface area contributed by atoms with Gasteiger partial charge in [-0.1, -0.05) is 24.3 Å². The van der Waals surface area contributed by atoms with Gasteiger partial charge in [0, 0.05) is 12.7 Å². The number of para-hydroxylation sites is 1. The van der Waals surface area contributed by atoms with Crippen LogP contribution in [-0.4, -0.2) is 15.9 Å². The van der Waals surface area contributed by atoms with E-state index in [0.717, 1.165) is 5.56 Å².